The maximum atomic E-state index is 13.0. The summed E-state index contributed by atoms with van der Waals surface area (Å²) < 4.78 is 45.1. The van der Waals surface area contributed by atoms with E-state index in [0.717, 1.165) is 24.3 Å². The maximum absolute atomic E-state index is 13.0. The molecule has 27 heavy (non-hydrogen) atoms. The van der Waals surface area contributed by atoms with Gasteiger partial charge in [0.1, 0.15) is 17.9 Å². The number of esters is 1. The Labute approximate surface area is 159 Å². The number of benzene rings is 1. The molecule has 0 radical (unpaired) electrons. The smallest absolute Gasteiger partial charge is 0.328 e. The molecule has 1 amide bonds. The van der Waals surface area contributed by atoms with Gasteiger partial charge in [-0.25, -0.2) is 17.6 Å². The van der Waals surface area contributed by atoms with Gasteiger partial charge in [-0.3, -0.25) is 4.79 Å². The molecular weight excluding hydrogens is 375 g/mol. The van der Waals surface area contributed by atoms with Crippen LogP contribution in [0.4, 0.5) is 4.39 Å². The standard InChI is InChI=1S/C18H27FN2O5S/c1-11(2)10-15(18(23)26-5)20-17(22)16(12(3)4)21-27(24,25)14-8-6-13(19)7-9-14/h6-9,11-12,15-16,21H,10H2,1-5H3,(H,20,22)/t15-,16-/m0/s1. The topological polar surface area (TPSA) is 102 Å². The Balaban J connectivity index is 3.01. The van der Waals surface area contributed by atoms with Crippen molar-refractivity contribution in [2.45, 2.75) is 51.1 Å². The molecule has 0 aliphatic carbocycles. The second kappa shape index (κ2) is 9.80. The largest absolute Gasteiger partial charge is 0.467 e. The molecule has 0 aromatic heterocycles. The van der Waals surface area contributed by atoms with Crippen molar-refractivity contribution in [3.8, 4) is 0 Å². The predicted octanol–water partition coefficient (Wildman–Crippen LogP) is 1.83. The molecular formula is C18H27FN2O5S. The van der Waals surface area contributed by atoms with Crippen LogP contribution in [0.25, 0.3) is 0 Å². The molecule has 1 aromatic rings. The molecule has 0 saturated carbocycles. The van der Waals surface area contributed by atoms with Crippen LogP contribution in [0.3, 0.4) is 0 Å². The third-order valence-electron chi connectivity index (χ3n) is 3.86. The Hall–Kier alpha value is -2.00. The molecule has 0 aliphatic rings. The lowest BCUT2D eigenvalue weighted by atomic mass is 10.0. The van der Waals surface area contributed by atoms with Crippen LogP contribution in [0.2, 0.25) is 0 Å². The summed E-state index contributed by atoms with van der Waals surface area (Å²) in [6.07, 6.45) is 0.355. The van der Waals surface area contributed by atoms with E-state index < -0.39 is 45.7 Å². The zero-order valence-corrected chi connectivity index (χ0v) is 17.0. The molecule has 0 heterocycles. The molecule has 0 saturated heterocycles. The molecule has 2 atom stereocenters. The van der Waals surface area contributed by atoms with E-state index in [1.54, 1.807) is 13.8 Å². The fraction of sp³-hybridized carbons (Fsp3) is 0.556. The Morgan fingerprint density at radius 1 is 1.11 bits per heavy atom. The third kappa shape index (κ3) is 6.91. The lowest BCUT2D eigenvalue weighted by molar-refractivity contribution is -0.145. The first-order valence-electron chi connectivity index (χ1n) is 8.64. The molecule has 1 rings (SSSR count). The first-order valence-corrected chi connectivity index (χ1v) is 10.1. The number of rotatable bonds is 9. The van der Waals surface area contributed by atoms with Crippen molar-refractivity contribution in [3.63, 3.8) is 0 Å². The van der Waals surface area contributed by atoms with Gasteiger partial charge >= 0.3 is 5.97 Å². The lowest BCUT2D eigenvalue weighted by Gasteiger charge is -2.25. The van der Waals surface area contributed by atoms with Crippen LogP contribution in [0.15, 0.2) is 29.2 Å². The van der Waals surface area contributed by atoms with Gasteiger partial charge in [0.05, 0.1) is 12.0 Å². The molecule has 2 N–H and O–H groups in total. The first-order chi connectivity index (χ1) is 12.5. The second-order valence-electron chi connectivity index (χ2n) is 7.01. The zero-order valence-electron chi connectivity index (χ0n) is 16.2. The number of hydrogen-bond donors (Lipinski definition) is 2. The summed E-state index contributed by atoms with van der Waals surface area (Å²) in [5.41, 5.74) is 0. The number of amides is 1. The summed E-state index contributed by atoms with van der Waals surface area (Å²) in [6.45, 7) is 7.12. The summed E-state index contributed by atoms with van der Waals surface area (Å²) >= 11 is 0. The minimum atomic E-state index is -4.04. The summed E-state index contributed by atoms with van der Waals surface area (Å²) in [5, 5.41) is 2.56. The highest BCUT2D eigenvalue weighted by molar-refractivity contribution is 7.89. The number of carbonyl (C=O) groups excluding carboxylic acids is 2. The van der Waals surface area contributed by atoms with Gasteiger partial charge < -0.3 is 10.1 Å². The Bertz CT molecular complexity index is 748. The lowest BCUT2D eigenvalue weighted by Crippen LogP contribution is -2.54. The van der Waals surface area contributed by atoms with Crippen LogP contribution in [-0.2, 0) is 24.3 Å². The van der Waals surface area contributed by atoms with Crippen molar-refractivity contribution in [2.75, 3.05) is 7.11 Å². The second-order valence-corrected chi connectivity index (χ2v) is 8.72. The van der Waals surface area contributed by atoms with Crippen molar-refractivity contribution in [3.05, 3.63) is 30.1 Å². The SMILES string of the molecule is COC(=O)[C@H](CC(C)C)NC(=O)[C@@H](NS(=O)(=O)c1ccc(F)cc1)C(C)C. The number of hydrogen-bond acceptors (Lipinski definition) is 5. The summed E-state index contributed by atoms with van der Waals surface area (Å²) in [5.74, 6) is -2.07. The van der Waals surface area contributed by atoms with Crippen molar-refractivity contribution in [2.24, 2.45) is 11.8 Å². The van der Waals surface area contributed by atoms with E-state index >= 15 is 0 Å². The molecule has 9 heteroatoms. The molecule has 0 unspecified atom stereocenters. The Morgan fingerprint density at radius 2 is 1.67 bits per heavy atom. The van der Waals surface area contributed by atoms with Crippen molar-refractivity contribution in [1.82, 2.24) is 10.0 Å². The van der Waals surface area contributed by atoms with Crippen LogP contribution in [0, 0.1) is 17.7 Å². The minimum absolute atomic E-state index is 0.114. The molecule has 0 aliphatic heterocycles. The van der Waals surface area contributed by atoms with E-state index in [2.05, 4.69) is 10.0 Å². The maximum Gasteiger partial charge on any atom is 0.328 e. The average Bonchev–Trinajstić information content (AvgIpc) is 2.58. The molecule has 7 nitrogen and oxygen atoms in total. The van der Waals surface area contributed by atoms with Gasteiger partial charge in [-0.2, -0.15) is 4.72 Å². The van der Waals surface area contributed by atoms with Crippen LogP contribution < -0.4 is 10.0 Å². The number of ether oxygens (including phenoxy) is 1. The number of methoxy groups -OCH3 is 1. The average molecular weight is 402 g/mol. The third-order valence-corrected chi connectivity index (χ3v) is 5.32. The van der Waals surface area contributed by atoms with Gasteiger partial charge in [0.2, 0.25) is 15.9 Å². The highest BCUT2D eigenvalue weighted by atomic mass is 32.2. The monoisotopic (exact) mass is 402 g/mol. The van der Waals surface area contributed by atoms with Crippen LogP contribution >= 0.6 is 0 Å². The van der Waals surface area contributed by atoms with Crippen LogP contribution in [-0.4, -0.2) is 39.5 Å². The van der Waals surface area contributed by atoms with E-state index in [0.29, 0.717) is 6.42 Å². The molecule has 1 aromatic carbocycles. The normalized spacial score (nSPS) is 14.1. The fourth-order valence-corrected chi connectivity index (χ4v) is 3.77. The van der Waals surface area contributed by atoms with Gasteiger partial charge in [-0.1, -0.05) is 27.7 Å². The summed E-state index contributed by atoms with van der Waals surface area (Å²) in [6, 6.07) is 2.29. The molecule has 0 fully saturated rings. The predicted molar refractivity (Wildman–Crippen MR) is 98.7 cm³/mol. The first kappa shape index (κ1) is 23.0. The van der Waals surface area contributed by atoms with Crippen LogP contribution in [0.5, 0.6) is 0 Å². The van der Waals surface area contributed by atoms with Crippen LogP contribution in [0.1, 0.15) is 34.1 Å². The molecule has 0 spiro atoms. The van der Waals surface area contributed by atoms with Gasteiger partial charge in [-0.15, -0.1) is 0 Å². The van der Waals surface area contributed by atoms with Gasteiger partial charge in [-0.05, 0) is 42.5 Å². The van der Waals surface area contributed by atoms with Gasteiger partial charge in [0.15, 0.2) is 0 Å². The van der Waals surface area contributed by atoms with Gasteiger partial charge in [0, 0.05) is 0 Å². The Morgan fingerprint density at radius 3 is 2.11 bits per heavy atom. The molecule has 152 valence electrons. The van der Waals surface area contributed by atoms with E-state index in [4.69, 9.17) is 4.74 Å². The van der Waals surface area contributed by atoms with Crippen molar-refractivity contribution >= 4 is 21.9 Å². The van der Waals surface area contributed by atoms with E-state index in [1.165, 1.54) is 7.11 Å². The molecule has 0 bridgehead atoms. The number of carbonyl (C=O) groups is 2. The number of sulfonamides is 1. The minimum Gasteiger partial charge on any atom is -0.467 e. The number of halogens is 1. The van der Waals surface area contributed by atoms with Crippen molar-refractivity contribution < 1.29 is 27.1 Å². The van der Waals surface area contributed by atoms with Crippen molar-refractivity contribution in [1.29, 1.82) is 0 Å². The highest BCUT2D eigenvalue weighted by Crippen LogP contribution is 2.14. The zero-order chi connectivity index (χ0) is 20.8. The van der Waals surface area contributed by atoms with E-state index in [9.17, 15) is 22.4 Å². The van der Waals surface area contributed by atoms with E-state index in [1.807, 2.05) is 13.8 Å². The quantitative estimate of drug-likeness (QED) is 0.614. The van der Waals surface area contributed by atoms with Gasteiger partial charge in [0.25, 0.3) is 0 Å². The number of nitrogens with one attached hydrogen (secondary N) is 2. The fourth-order valence-electron chi connectivity index (χ4n) is 2.43. The Kier molecular flexibility index (Phi) is 8.36. The summed E-state index contributed by atoms with van der Waals surface area (Å²) in [7, 11) is -2.82. The highest BCUT2D eigenvalue weighted by Gasteiger charge is 2.31. The summed E-state index contributed by atoms with van der Waals surface area (Å²) in [4.78, 5) is 24.4. The van der Waals surface area contributed by atoms with E-state index in [-0.39, 0.29) is 10.8 Å².